The van der Waals surface area contributed by atoms with Crippen molar-refractivity contribution in [2.75, 3.05) is 12.4 Å². The predicted molar refractivity (Wildman–Crippen MR) is 67.4 cm³/mol. The number of amides is 1. The number of aliphatic carboxylic acids is 1. The van der Waals surface area contributed by atoms with E-state index in [4.69, 9.17) is 5.11 Å². The highest BCUT2D eigenvalue weighted by atomic mass is 16.4. The fraction of sp³-hybridized carbons (Fsp3) is 0.385. The van der Waals surface area contributed by atoms with E-state index >= 15 is 0 Å². The maximum Gasteiger partial charge on any atom is 0.326 e. The number of carbonyl (C=O) groups excluding carboxylic acids is 1. The highest BCUT2D eigenvalue weighted by Gasteiger charge is 2.32. The average molecular weight is 248 g/mol. The Kier molecular flexibility index (Phi) is 3.23. The fourth-order valence-corrected chi connectivity index (χ4v) is 2.05. The molecule has 2 atom stereocenters. The predicted octanol–water partition coefficient (Wildman–Crippen LogP) is 0.955. The molecule has 1 aromatic rings. The molecule has 18 heavy (non-hydrogen) atoms. The van der Waals surface area contributed by atoms with Crippen molar-refractivity contribution in [1.29, 1.82) is 0 Å². The van der Waals surface area contributed by atoms with Crippen LogP contribution in [0.15, 0.2) is 24.3 Å². The molecule has 1 heterocycles. The Morgan fingerprint density at radius 2 is 2.11 bits per heavy atom. The van der Waals surface area contributed by atoms with Gasteiger partial charge in [0.2, 0.25) is 5.91 Å². The van der Waals surface area contributed by atoms with Gasteiger partial charge in [0.15, 0.2) is 0 Å². The number of carbonyl (C=O) groups is 2. The lowest BCUT2D eigenvalue weighted by Gasteiger charge is -2.24. The van der Waals surface area contributed by atoms with Crippen molar-refractivity contribution in [1.82, 2.24) is 4.90 Å². The minimum atomic E-state index is -0.999. The number of fused-ring (bicyclic) bond motifs is 1. The van der Waals surface area contributed by atoms with Crippen molar-refractivity contribution in [2.45, 2.75) is 25.4 Å². The van der Waals surface area contributed by atoms with Crippen LogP contribution in [-0.4, -0.2) is 41.0 Å². The lowest BCUT2D eigenvalue weighted by atomic mass is 10.1. The van der Waals surface area contributed by atoms with Crippen LogP contribution in [0.1, 0.15) is 12.5 Å². The van der Waals surface area contributed by atoms with Crippen LogP contribution in [-0.2, 0) is 16.0 Å². The first-order chi connectivity index (χ1) is 8.50. The average Bonchev–Trinajstić information content (AvgIpc) is 2.79. The third kappa shape index (κ3) is 2.16. The normalized spacial score (nSPS) is 18.7. The SMILES string of the molecule is CC(C(=O)O)N(C)C(=O)C1Cc2ccccc2N1. The number of nitrogens with zero attached hydrogens (tertiary/aromatic N) is 1. The molecular weight excluding hydrogens is 232 g/mol. The Morgan fingerprint density at radius 1 is 1.44 bits per heavy atom. The van der Waals surface area contributed by atoms with Gasteiger partial charge >= 0.3 is 5.97 Å². The molecule has 5 heteroatoms. The smallest absolute Gasteiger partial charge is 0.326 e. The lowest BCUT2D eigenvalue weighted by molar-refractivity contribution is -0.148. The number of rotatable bonds is 3. The van der Waals surface area contributed by atoms with E-state index in [1.807, 2.05) is 24.3 Å². The second kappa shape index (κ2) is 4.68. The number of likely N-dealkylation sites (N-methyl/N-ethyl adjacent to an activating group) is 1. The number of nitrogens with one attached hydrogen (secondary N) is 1. The number of carboxylic acid groups (broad SMARTS) is 1. The molecule has 0 saturated heterocycles. The number of carboxylic acids is 1. The first-order valence-corrected chi connectivity index (χ1v) is 5.84. The van der Waals surface area contributed by atoms with E-state index < -0.39 is 12.0 Å². The molecule has 2 N–H and O–H groups in total. The van der Waals surface area contributed by atoms with Crippen LogP contribution in [0.4, 0.5) is 5.69 Å². The van der Waals surface area contributed by atoms with E-state index in [9.17, 15) is 9.59 Å². The number of hydrogen-bond donors (Lipinski definition) is 2. The van der Waals surface area contributed by atoms with Crippen molar-refractivity contribution in [2.24, 2.45) is 0 Å². The molecule has 0 aromatic heterocycles. The van der Waals surface area contributed by atoms with Gasteiger partial charge in [0, 0.05) is 19.2 Å². The molecule has 1 aromatic carbocycles. The molecule has 0 spiro atoms. The van der Waals surface area contributed by atoms with Gasteiger partial charge in [0.25, 0.3) is 0 Å². The molecule has 5 nitrogen and oxygen atoms in total. The van der Waals surface area contributed by atoms with Gasteiger partial charge in [-0.05, 0) is 18.6 Å². The van der Waals surface area contributed by atoms with Gasteiger partial charge in [-0.25, -0.2) is 4.79 Å². The van der Waals surface area contributed by atoms with Crippen LogP contribution in [0.25, 0.3) is 0 Å². The topological polar surface area (TPSA) is 69.6 Å². The molecule has 0 fully saturated rings. The summed E-state index contributed by atoms with van der Waals surface area (Å²) in [5, 5.41) is 12.0. The zero-order valence-electron chi connectivity index (χ0n) is 10.4. The molecular formula is C13H16N2O3. The van der Waals surface area contributed by atoms with Crippen LogP contribution in [0.5, 0.6) is 0 Å². The van der Waals surface area contributed by atoms with E-state index in [-0.39, 0.29) is 11.9 Å². The van der Waals surface area contributed by atoms with E-state index in [0.29, 0.717) is 6.42 Å². The Labute approximate surface area is 105 Å². The molecule has 1 amide bonds. The van der Waals surface area contributed by atoms with Gasteiger partial charge in [-0.15, -0.1) is 0 Å². The van der Waals surface area contributed by atoms with Gasteiger partial charge in [0.1, 0.15) is 12.1 Å². The van der Waals surface area contributed by atoms with Crippen molar-refractivity contribution in [3.05, 3.63) is 29.8 Å². The molecule has 0 aliphatic carbocycles. The zero-order valence-corrected chi connectivity index (χ0v) is 10.4. The summed E-state index contributed by atoms with van der Waals surface area (Å²) >= 11 is 0. The summed E-state index contributed by atoms with van der Waals surface area (Å²) < 4.78 is 0. The maximum absolute atomic E-state index is 12.2. The van der Waals surface area contributed by atoms with Crippen molar-refractivity contribution >= 4 is 17.6 Å². The highest BCUT2D eigenvalue weighted by Crippen LogP contribution is 2.26. The monoisotopic (exact) mass is 248 g/mol. The van der Waals surface area contributed by atoms with E-state index in [0.717, 1.165) is 11.3 Å². The van der Waals surface area contributed by atoms with Crippen LogP contribution >= 0.6 is 0 Å². The fourth-order valence-electron chi connectivity index (χ4n) is 2.05. The molecule has 2 rings (SSSR count). The summed E-state index contributed by atoms with van der Waals surface area (Å²) in [5.41, 5.74) is 2.04. The Bertz CT molecular complexity index is 462. The van der Waals surface area contributed by atoms with Crippen LogP contribution in [0.2, 0.25) is 0 Å². The number of para-hydroxylation sites is 1. The summed E-state index contributed by atoms with van der Waals surface area (Å²) in [5.74, 6) is -1.19. The minimum absolute atomic E-state index is 0.193. The summed E-state index contributed by atoms with van der Waals surface area (Å²) in [6.07, 6.45) is 0.603. The second-order valence-corrected chi connectivity index (χ2v) is 4.52. The van der Waals surface area contributed by atoms with E-state index in [2.05, 4.69) is 5.32 Å². The zero-order chi connectivity index (χ0) is 13.3. The molecule has 0 saturated carbocycles. The first-order valence-electron chi connectivity index (χ1n) is 5.84. The maximum atomic E-state index is 12.2. The van der Waals surface area contributed by atoms with Gasteiger partial charge in [-0.1, -0.05) is 18.2 Å². The van der Waals surface area contributed by atoms with Gasteiger partial charge < -0.3 is 15.3 Å². The minimum Gasteiger partial charge on any atom is -0.480 e. The first kappa shape index (κ1) is 12.4. The van der Waals surface area contributed by atoms with Crippen molar-refractivity contribution < 1.29 is 14.7 Å². The number of hydrogen-bond acceptors (Lipinski definition) is 3. The standard InChI is InChI=1S/C13H16N2O3/c1-8(13(17)18)15(2)12(16)11-7-9-5-3-4-6-10(9)14-11/h3-6,8,11,14H,7H2,1-2H3,(H,17,18). The number of anilines is 1. The third-order valence-corrected chi connectivity index (χ3v) is 3.36. The Morgan fingerprint density at radius 3 is 2.72 bits per heavy atom. The molecule has 2 unspecified atom stereocenters. The van der Waals surface area contributed by atoms with Crippen molar-refractivity contribution in [3.63, 3.8) is 0 Å². The van der Waals surface area contributed by atoms with Crippen LogP contribution < -0.4 is 5.32 Å². The van der Waals surface area contributed by atoms with Crippen molar-refractivity contribution in [3.8, 4) is 0 Å². The molecule has 1 aliphatic heterocycles. The van der Waals surface area contributed by atoms with Gasteiger partial charge in [-0.2, -0.15) is 0 Å². The van der Waals surface area contributed by atoms with Crippen LogP contribution in [0, 0.1) is 0 Å². The van der Waals surface area contributed by atoms with E-state index in [1.165, 1.54) is 18.9 Å². The second-order valence-electron chi connectivity index (χ2n) is 4.52. The molecule has 0 bridgehead atoms. The quantitative estimate of drug-likeness (QED) is 0.835. The van der Waals surface area contributed by atoms with Gasteiger partial charge in [-0.3, -0.25) is 4.79 Å². The summed E-state index contributed by atoms with van der Waals surface area (Å²) in [6.45, 7) is 1.50. The van der Waals surface area contributed by atoms with E-state index in [1.54, 1.807) is 0 Å². The molecule has 96 valence electrons. The summed E-state index contributed by atoms with van der Waals surface area (Å²) in [4.78, 5) is 24.3. The lowest BCUT2D eigenvalue weighted by Crippen LogP contribution is -2.47. The molecule has 1 aliphatic rings. The number of benzene rings is 1. The molecule has 0 radical (unpaired) electrons. The highest BCUT2D eigenvalue weighted by molar-refractivity contribution is 5.90. The van der Waals surface area contributed by atoms with Crippen LogP contribution in [0.3, 0.4) is 0 Å². The largest absolute Gasteiger partial charge is 0.480 e. The summed E-state index contributed by atoms with van der Waals surface area (Å²) in [7, 11) is 1.52. The Hall–Kier alpha value is -2.04. The summed E-state index contributed by atoms with van der Waals surface area (Å²) in [6, 6.07) is 6.54. The van der Waals surface area contributed by atoms with Gasteiger partial charge in [0.05, 0.1) is 0 Å². The third-order valence-electron chi connectivity index (χ3n) is 3.36. The Balaban J connectivity index is 2.07.